The summed E-state index contributed by atoms with van der Waals surface area (Å²) >= 11 is 0. The number of carbonyl (C=O) groups is 1. The summed E-state index contributed by atoms with van der Waals surface area (Å²) in [5, 5.41) is 2.84. The molecule has 30 heavy (non-hydrogen) atoms. The van der Waals surface area contributed by atoms with Crippen molar-refractivity contribution in [3.05, 3.63) is 53.5 Å². The van der Waals surface area contributed by atoms with Crippen molar-refractivity contribution in [2.45, 2.75) is 26.7 Å². The highest BCUT2D eigenvalue weighted by Crippen LogP contribution is 2.40. The fraction of sp³-hybridized carbons (Fsp3) is 0.304. The van der Waals surface area contributed by atoms with E-state index in [1.54, 1.807) is 18.3 Å². The number of carbonyl (C=O) groups excluding carboxylic acids is 1. The molecule has 3 aromatic rings. The number of amides is 1. The first-order chi connectivity index (χ1) is 14.4. The van der Waals surface area contributed by atoms with E-state index in [9.17, 15) is 4.79 Å². The molecule has 0 radical (unpaired) electrons. The van der Waals surface area contributed by atoms with Crippen molar-refractivity contribution in [1.29, 1.82) is 0 Å². The molecule has 2 aromatic carbocycles. The third-order valence-corrected chi connectivity index (χ3v) is 4.86. The van der Waals surface area contributed by atoms with E-state index in [4.69, 9.17) is 18.6 Å². The van der Waals surface area contributed by atoms with Gasteiger partial charge in [-0.1, -0.05) is 12.1 Å². The van der Waals surface area contributed by atoms with E-state index < -0.39 is 0 Å². The van der Waals surface area contributed by atoms with Crippen molar-refractivity contribution < 1.29 is 23.4 Å². The lowest BCUT2D eigenvalue weighted by Gasteiger charge is -2.14. The molecule has 1 N–H and O–H groups in total. The number of aromatic nitrogens is 1. The molecule has 0 spiro atoms. The van der Waals surface area contributed by atoms with Gasteiger partial charge >= 0.3 is 0 Å². The van der Waals surface area contributed by atoms with Crippen molar-refractivity contribution in [2.24, 2.45) is 0 Å². The summed E-state index contributed by atoms with van der Waals surface area (Å²) in [6.07, 6.45) is 2.31. The topological polar surface area (TPSA) is 82.8 Å². The van der Waals surface area contributed by atoms with E-state index in [-0.39, 0.29) is 12.3 Å². The first-order valence-corrected chi connectivity index (χ1v) is 9.57. The van der Waals surface area contributed by atoms with Crippen LogP contribution in [-0.2, 0) is 11.2 Å². The molecule has 0 aliphatic rings. The number of ether oxygens (including phenoxy) is 3. The highest BCUT2D eigenvalue weighted by molar-refractivity contribution is 5.91. The SMILES string of the molecule is COc1cc(NC(=O)CCc2ncc(-c3ccc(C)c(C)c3)o2)cc(OC)c1OC. The Kier molecular flexibility index (Phi) is 6.61. The lowest BCUT2D eigenvalue weighted by molar-refractivity contribution is -0.116. The number of benzene rings is 2. The second kappa shape index (κ2) is 9.35. The molecule has 0 fully saturated rings. The number of rotatable bonds is 8. The lowest BCUT2D eigenvalue weighted by atomic mass is 10.1. The Morgan fingerprint density at radius 1 is 1.00 bits per heavy atom. The van der Waals surface area contributed by atoms with E-state index in [2.05, 4.69) is 36.3 Å². The van der Waals surface area contributed by atoms with Gasteiger partial charge in [-0.05, 0) is 31.0 Å². The Balaban J connectivity index is 1.64. The van der Waals surface area contributed by atoms with Crippen LogP contribution in [0.1, 0.15) is 23.4 Å². The van der Waals surface area contributed by atoms with E-state index in [0.717, 1.165) is 5.56 Å². The van der Waals surface area contributed by atoms with Crippen LogP contribution in [-0.4, -0.2) is 32.2 Å². The summed E-state index contributed by atoms with van der Waals surface area (Å²) in [6, 6.07) is 9.49. The van der Waals surface area contributed by atoms with Crippen molar-refractivity contribution in [1.82, 2.24) is 4.98 Å². The van der Waals surface area contributed by atoms with E-state index >= 15 is 0 Å². The molecule has 0 saturated heterocycles. The maximum Gasteiger partial charge on any atom is 0.224 e. The fourth-order valence-corrected chi connectivity index (χ4v) is 3.05. The van der Waals surface area contributed by atoms with Crippen LogP contribution in [0, 0.1) is 13.8 Å². The van der Waals surface area contributed by atoms with Gasteiger partial charge in [0.05, 0.1) is 27.5 Å². The second-order valence-electron chi connectivity index (χ2n) is 6.88. The molecule has 1 aromatic heterocycles. The maximum absolute atomic E-state index is 12.4. The van der Waals surface area contributed by atoms with Crippen LogP contribution in [0.3, 0.4) is 0 Å². The molecular weight excluding hydrogens is 384 g/mol. The molecular formula is C23H26N2O5. The molecule has 0 saturated carbocycles. The third kappa shape index (κ3) is 4.74. The predicted molar refractivity (Wildman–Crippen MR) is 114 cm³/mol. The van der Waals surface area contributed by atoms with Crippen molar-refractivity contribution in [3.63, 3.8) is 0 Å². The summed E-state index contributed by atoms with van der Waals surface area (Å²) in [5.74, 6) is 2.45. The van der Waals surface area contributed by atoms with Crippen molar-refractivity contribution >= 4 is 11.6 Å². The fourth-order valence-electron chi connectivity index (χ4n) is 3.05. The van der Waals surface area contributed by atoms with Crippen molar-refractivity contribution in [2.75, 3.05) is 26.6 Å². The van der Waals surface area contributed by atoms with E-state index in [1.165, 1.54) is 32.5 Å². The van der Waals surface area contributed by atoms with Crippen LogP contribution >= 0.6 is 0 Å². The Morgan fingerprint density at radius 3 is 2.30 bits per heavy atom. The summed E-state index contributed by atoms with van der Waals surface area (Å²) < 4.78 is 21.7. The highest BCUT2D eigenvalue weighted by atomic mass is 16.5. The average molecular weight is 410 g/mol. The quantitative estimate of drug-likeness (QED) is 0.586. The number of nitrogens with one attached hydrogen (secondary N) is 1. The number of oxazole rings is 1. The monoisotopic (exact) mass is 410 g/mol. The Labute approximate surface area is 176 Å². The van der Waals surface area contributed by atoms with Crippen molar-refractivity contribution in [3.8, 4) is 28.6 Å². The van der Waals surface area contributed by atoms with Gasteiger partial charge < -0.3 is 23.9 Å². The molecule has 0 atom stereocenters. The smallest absolute Gasteiger partial charge is 0.224 e. The van der Waals surface area contributed by atoms with Gasteiger partial charge in [-0.15, -0.1) is 0 Å². The third-order valence-electron chi connectivity index (χ3n) is 4.86. The molecule has 7 nitrogen and oxygen atoms in total. The maximum atomic E-state index is 12.4. The minimum absolute atomic E-state index is 0.171. The largest absolute Gasteiger partial charge is 0.493 e. The van der Waals surface area contributed by atoms with Gasteiger partial charge in [-0.25, -0.2) is 4.98 Å². The zero-order chi connectivity index (χ0) is 21.7. The summed E-state index contributed by atoms with van der Waals surface area (Å²) in [4.78, 5) is 16.7. The minimum atomic E-state index is -0.171. The number of hydrogen-bond donors (Lipinski definition) is 1. The molecule has 0 aliphatic heterocycles. The van der Waals surface area contributed by atoms with Crippen LogP contribution in [0.25, 0.3) is 11.3 Å². The summed E-state index contributed by atoms with van der Waals surface area (Å²) in [5.41, 5.74) is 3.94. The van der Waals surface area contributed by atoms with Crippen LogP contribution in [0.4, 0.5) is 5.69 Å². The molecule has 1 heterocycles. The number of aryl methyl sites for hydroxylation is 3. The molecule has 0 unspecified atom stereocenters. The van der Waals surface area contributed by atoms with E-state index in [0.29, 0.717) is 41.0 Å². The van der Waals surface area contributed by atoms with Crippen LogP contribution in [0.2, 0.25) is 0 Å². The molecule has 0 aliphatic carbocycles. The van der Waals surface area contributed by atoms with Gasteiger partial charge in [0.15, 0.2) is 23.1 Å². The van der Waals surface area contributed by atoms with Gasteiger partial charge in [-0.2, -0.15) is 0 Å². The standard InChI is InChI=1S/C23H26N2O5/c1-14-6-7-16(10-15(14)2)20-13-24-22(30-20)9-8-21(26)25-17-11-18(27-3)23(29-5)19(12-17)28-4/h6-7,10-13H,8-9H2,1-5H3,(H,25,26). The zero-order valence-corrected chi connectivity index (χ0v) is 17.9. The molecule has 7 heteroatoms. The first-order valence-electron chi connectivity index (χ1n) is 9.57. The number of anilines is 1. The highest BCUT2D eigenvalue weighted by Gasteiger charge is 2.15. The Hall–Kier alpha value is -3.48. The van der Waals surface area contributed by atoms with Crippen LogP contribution in [0.15, 0.2) is 40.9 Å². The average Bonchev–Trinajstić information content (AvgIpc) is 3.22. The second-order valence-corrected chi connectivity index (χ2v) is 6.88. The molecule has 158 valence electrons. The van der Waals surface area contributed by atoms with Crippen LogP contribution in [0.5, 0.6) is 17.2 Å². The lowest BCUT2D eigenvalue weighted by Crippen LogP contribution is -2.12. The van der Waals surface area contributed by atoms with E-state index in [1.807, 2.05) is 6.07 Å². The Bertz CT molecular complexity index is 1020. The molecule has 3 rings (SSSR count). The Morgan fingerprint density at radius 2 is 1.70 bits per heavy atom. The first kappa shape index (κ1) is 21.2. The summed E-state index contributed by atoms with van der Waals surface area (Å²) in [7, 11) is 4.58. The predicted octanol–water partition coefficient (Wildman–Crippen LogP) is 4.56. The van der Waals surface area contributed by atoms with Gasteiger partial charge in [0.1, 0.15) is 0 Å². The number of nitrogens with zero attached hydrogens (tertiary/aromatic N) is 1. The number of methoxy groups -OCH3 is 3. The zero-order valence-electron chi connectivity index (χ0n) is 17.9. The van der Waals surface area contributed by atoms with Gasteiger partial charge in [0.2, 0.25) is 11.7 Å². The molecule has 0 bridgehead atoms. The van der Waals surface area contributed by atoms with Gasteiger partial charge in [0, 0.05) is 36.2 Å². The van der Waals surface area contributed by atoms with Crippen LogP contribution < -0.4 is 19.5 Å². The minimum Gasteiger partial charge on any atom is -0.493 e. The summed E-state index contributed by atoms with van der Waals surface area (Å²) in [6.45, 7) is 4.13. The molecule has 1 amide bonds. The van der Waals surface area contributed by atoms with Gasteiger partial charge in [0.25, 0.3) is 0 Å². The normalized spacial score (nSPS) is 10.6. The van der Waals surface area contributed by atoms with Gasteiger partial charge in [-0.3, -0.25) is 4.79 Å². The number of hydrogen-bond acceptors (Lipinski definition) is 6.